The summed E-state index contributed by atoms with van der Waals surface area (Å²) < 4.78 is 5.70. The molecule has 1 aliphatic carbocycles. The third-order valence-corrected chi connectivity index (χ3v) is 4.84. The lowest BCUT2D eigenvalue weighted by molar-refractivity contribution is 0.157. The highest BCUT2D eigenvalue weighted by Gasteiger charge is 2.34. The molecule has 2 heteroatoms. The van der Waals surface area contributed by atoms with Crippen LogP contribution < -0.4 is 5.32 Å². The summed E-state index contributed by atoms with van der Waals surface area (Å²) >= 11 is 0. The van der Waals surface area contributed by atoms with Crippen molar-refractivity contribution in [3.05, 3.63) is 60.1 Å². The Hall–Kier alpha value is -1.54. The van der Waals surface area contributed by atoms with Crippen LogP contribution in [-0.2, 0) is 0 Å². The first kappa shape index (κ1) is 14.4. The van der Waals surface area contributed by atoms with E-state index in [-0.39, 0.29) is 6.04 Å². The second kappa shape index (κ2) is 6.07. The molecule has 1 fully saturated rings. The molecule has 2 aromatic rings. The monoisotopic (exact) mass is 283 g/mol. The second-order valence-electron chi connectivity index (χ2n) is 6.81. The third kappa shape index (κ3) is 3.21. The summed E-state index contributed by atoms with van der Waals surface area (Å²) in [6.07, 6.45) is 6.98. The lowest BCUT2D eigenvalue weighted by atomic mass is 9.73. The van der Waals surface area contributed by atoms with Gasteiger partial charge in [0.05, 0.1) is 12.3 Å². The van der Waals surface area contributed by atoms with Gasteiger partial charge in [-0.3, -0.25) is 0 Å². The first-order valence-electron chi connectivity index (χ1n) is 8.01. The predicted molar refractivity (Wildman–Crippen MR) is 86.2 cm³/mol. The van der Waals surface area contributed by atoms with Crippen molar-refractivity contribution in [2.75, 3.05) is 0 Å². The molecule has 2 nitrogen and oxygen atoms in total. The van der Waals surface area contributed by atoms with E-state index in [2.05, 4.69) is 55.6 Å². The summed E-state index contributed by atoms with van der Waals surface area (Å²) in [6, 6.07) is 15.3. The fraction of sp³-hybridized carbons (Fsp3) is 0.474. The fourth-order valence-corrected chi connectivity index (χ4v) is 3.45. The topological polar surface area (TPSA) is 25.2 Å². The van der Waals surface area contributed by atoms with E-state index in [9.17, 15) is 0 Å². The van der Waals surface area contributed by atoms with Gasteiger partial charge in [-0.2, -0.15) is 0 Å². The van der Waals surface area contributed by atoms with Gasteiger partial charge in [-0.25, -0.2) is 0 Å². The van der Waals surface area contributed by atoms with Crippen LogP contribution in [0.1, 0.15) is 56.9 Å². The van der Waals surface area contributed by atoms with Crippen LogP contribution in [0.2, 0.25) is 0 Å². The van der Waals surface area contributed by atoms with Crippen molar-refractivity contribution in [2.24, 2.45) is 5.41 Å². The minimum atomic E-state index is 0.142. The number of benzene rings is 1. The standard InChI is InChI=1S/C19H25NO/c1-19(2)13-7-6-12-17(19)20-18(16-11-8-14-21-16)15-9-4-3-5-10-15/h3-5,8-11,14,17-18,20H,6-7,12-13H2,1-2H3. The SMILES string of the molecule is CC1(C)CCCCC1NC(c1ccccc1)c1ccco1. The smallest absolute Gasteiger partial charge is 0.125 e. The molecule has 3 rings (SSSR count). The van der Waals surface area contributed by atoms with Crippen LogP contribution in [0, 0.1) is 5.41 Å². The van der Waals surface area contributed by atoms with Crippen molar-refractivity contribution >= 4 is 0 Å². The van der Waals surface area contributed by atoms with E-state index in [0.717, 1.165) is 5.76 Å². The Kier molecular flexibility index (Phi) is 4.16. The Balaban J connectivity index is 1.86. The van der Waals surface area contributed by atoms with Gasteiger partial charge < -0.3 is 9.73 Å². The van der Waals surface area contributed by atoms with Crippen LogP contribution in [0.25, 0.3) is 0 Å². The van der Waals surface area contributed by atoms with Gasteiger partial charge in [0, 0.05) is 6.04 Å². The Morgan fingerprint density at radius 2 is 1.90 bits per heavy atom. The zero-order valence-electron chi connectivity index (χ0n) is 13.0. The lowest BCUT2D eigenvalue weighted by Crippen LogP contribution is -2.45. The van der Waals surface area contributed by atoms with Crippen molar-refractivity contribution in [3.63, 3.8) is 0 Å². The largest absolute Gasteiger partial charge is 0.467 e. The Bertz CT molecular complexity index is 544. The number of hydrogen-bond acceptors (Lipinski definition) is 2. The molecule has 0 bridgehead atoms. The summed E-state index contributed by atoms with van der Waals surface area (Å²) in [5, 5.41) is 3.87. The Morgan fingerprint density at radius 1 is 1.10 bits per heavy atom. The molecule has 21 heavy (non-hydrogen) atoms. The molecule has 0 aliphatic heterocycles. The van der Waals surface area contributed by atoms with E-state index in [1.165, 1.54) is 31.2 Å². The van der Waals surface area contributed by atoms with Gasteiger partial charge >= 0.3 is 0 Å². The maximum atomic E-state index is 5.70. The quantitative estimate of drug-likeness (QED) is 0.861. The van der Waals surface area contributed by atoms with Crippen molar-refractivity contribution < 1.29 is 4.42 Å². The first-order chi connectivity index (χ1) is 10.2. The second-order valence-corrected chi connectivity index (χ2v) is 6.81. The molecule has 1 heterocycles. The Labute approximate surface area is 127 Å². The van der Waals surface area contributed by atoms with Crippen LogP contribution >= 0.6 is 0 Å². The number of nitrogens with one attached hydrogen (secondary N) is 1. The molecule has 0 spiro atoms. The summed E-state index contributed by atoms with van der Waals surface area (Å²) in [5.74, 6) is 1.00. The molecule has 1 aromatic heterocycles. The minimum Gasteiger partial charge on any atom is -0.467 e. The van der Waals surface area contributed by atoms with Gasteiger partial charge in [0.15, 0.2) is 0 Å². The molecular formula is C19H25NO. The van der Waals surface area contributed by atoms with E-state index in [0.29, 0.717) is 11.5 Å². The fourth-order valence-electron chi connectivity index (χ4n) is 3.45. The molecule has 0 radical (unpaired) electrons. The van der Waals surface area contributed by atoms with Gasteiger partial charge in [-0.15, -0.1) is 0 Å². The number of rotatable bonds is 4. The third-order valence-electron chi connectivity index (χ3n) is 4.84. The van der Waals surface area contributed by atoms with Crippen LogP contribution in [0.4, 0.5) is 0 Å². The summed E-state index contributed by atoms with van der Waals surface area (Å²) in [5.41, 5.74) is 1.62. The van der Waals surface area contributed by atoms with E-state index >= 15 is 0 Å². The zero-order valence-corrected chi connectivity index (χ0v) is 13.0. The molecule has 2 unspecified atom stereocenters. The van der Waals surface area contributed by atoms with E-state index in [1.807, 2.05) is 6.07 Å². The first-order valence-corrected chi connectivity index (χ1v) is 8.01. The lowest BCUT2D eigenvalue weighted by Gasteiger charge is -2.41. The van der Waals surface area contributed by atoms with Crippen molar-refractivity contribution in [1.82, 2.24) is 5.32 Å². The summed E-state index contributed by atoms with van der Waals surface area (Å²) in [7, 11) is 0. The molecule has 1 saturated carbocycles. The molecule has 1 aliphatic rings. The average molecular weight is 283 g/mol. The van der Waals surface area contributed by atoms with Crippen molar-refractivity contribution in [3.8, 4) is 0 Å². The van der Waals surface area contributed by atoms with Gasteiger partial charge in [-0.1, -0.05) is 57.0 Å². The minimum absolute atomic E-state index is 0.142. The van der Waals surface area contributed by atoms with Gasteiger partial charge in [-0.05, 0) is 36.0 Å². The zero-order chi connectivity index (χ0) is 14.7. The van der Waals surface area contributed by atoms with Crippen molar-refractivity contribution in [1.29, 1.82) is 0 Å². The molecule has 1 N–H and O–H groups in total. The number of hydrogen-bond donors (Lipinski definition) is 1. The van der Waals surface area contributed by atoms with E-state index in [1.54, 1.807) is 6.26 Å². The van der Waals surface area contributed by atoms with Gasteiger partial charge in [0.2, 0.25) is 0 Å². The van der Waals surface area contributed by atoms with Crippen LogP contribution in [0.3, 0.4) is 0 Å². The average Bonchev–Trinajstić information content (AvgIpc) is 3.01. The predicted octanol–water partition coefficient (Wildman–Crippen LogP) is 4.93. The molecule has 112 valence electrons. The highest BCUT2D eigenvalue weighted by Crippen LogP contribution is 2.37. The van der Waals surface area contributed by atoms with Gasteiger partial charge in [0.25, 0.3) is 0 Å². The summed E-state index contributed by atoms with van der Waals surface area (Å²) in [6.45, 7) is 4.77. The van der Waals surface area contributed by atoms with E-state index in [4.69, 9.17) is 4.42 Å². The van der Waals surface area contributed by atoms with Crippen LogP contribution in [0.15, 0.2) is 53.1 Å². The van der Waals surface area contributed by atoms with Gasteiger partial charge in [0.1, 0.15) is 5.76 Å². The summed E-state index contributed by atoms with van der Waals surface area (Å²) in [4.78, 5) is 0. The highest BCUT2D eigenvalue weighted by atomic mass is 16.3. The molecule has 1 aromatic carbocycles. The highest BCUT2D eigenvalue weighted by molar-refractivity contribution is 5.26. The Morgan fingerprint density at radius 3 is 2.57 bits per heavy atom. The normalized spacial score (nSPS) is 22.9. The molecule has 0 amide bonds. The van der Waals surface area contributed by atoms with E-state index < -0.39 is 0 Å². The number of furan rings is 1. The maximum absolute atomic E-state index is 5.70. The molecule has 2 atom stereocenters. The maximum Gasteiger partial charge on any atom is 0.125 e. The molecule has 0 saturated heterocycles. The van der Waals surface area contributed by atoms with Crippen molar-refractivity contribution in [2.45, 2.75) is 51.6 Å². The van der Waals surface area contributed by atoms with Crippen LogP contribution in [-0.4, -0.2) is 6.04 Å². The van der Waals surface area contributed by atoms with Crippen LogP contribution in [0.5, 0.6) is 0 Å². The molecular weight excluding hydrogens is 258 g/mol.